The molecule has 66 valence electrons. The second kappa shape index (κ2) is 4.49. The predicted octanol–water partition coefficient (Wildman–Crippen LogP) is 0.419. The van der Waals surface area contributed by atoms with Gasteiger partial charge in [0.1, 0.15) is 0 Å². The standard InChI is InChI=1S/C5H11O5P/c6-5(7)3-1-2-4-11(8,9)10/h1-4H2,(H,6,7)(H2,8,9,10). The van der Waals surface area contributed by atoms with Crippen LogP contribution in [0, 0.1) is 0 Å². The summed E-state index contributed by atoms with van der Waals surface area (Å²) >= 11 is 0. The summed E-state index contributed by atoms with van der Waals surface area (Å²) in [6.07, 6.45) is 0.331. The topological polar surface area (TPSA) is 94.8 Å². The number of unbranched alkanes of at least 4 members (excludes halogenated alkanes) is 1. The minimum absolute atomic E-state index is 0.0278. The van der Waals surface area contributed by atoms with Gasteiger partial charge in [-0.2, -0.15) is 0 Å². The average Bonchev–Trinajstić information content (AvgIpc) is 1.78. The van der Waals surface area contributed by atoms with Gasteiger partial charge >= 0.3 is 13.6 Å². The minimum atomic E-state index is -3.92. The number of carboxylic acid groups (broad SMARTS) is 1. The van der Waals surface area contributed by atoms with E-state index in [-0.39, 0.29) is 19.0 Å². The molecule has 11 heavy (non-hydrogen) atoms. The molecule has 0 rings (SSSR count). The third-order valence-electron chi connectivity index (χ3n) is 1.09. The normalized spacial score (nSPS) is 11.5. The SMILES string of the molecule is O=C(O)CCCCP(=O)(O)O. The van der Waals surface area contributed by atoms with Crippen LogP contribution in [0.25, 0.3) is 0 Å². The molecule has 0 aliphatic carbocycles. The van der Waals surface area contributed by atoms with Gasteiger partial charge in [-0.3, -0.25) is 9.36 Å². The van der Waals surface area contributed by atoms with E-state index in [1.165, 1.54) is 0 Å². The Morgan fingerprint density at radius 3 is 2.18 bits per heavy atom. The Balaban J connectivity index is 3.29. The Bertz CT molecular complexity index is 172. The summed E-state index contributed by atoms with van der Waals surface area (Å²) in [7, 11) is -3.92. The van der Waals surface area contributed by atoms with Crippen molar-refractivity contribution in [2.45, 2.75) is 19.3 Å². The monoisotopic (exact) mass is 182 g/mol. The molecule has 0 spiro atoms. The predicted molar refractivity (Wildman–Crippen MR) is 38.4 cm³/mol. The second-order valence-corrected chi connectivity index (χ2v) is 4.02. The zero-order chi connectivity index (χ0) is 8.91. The summed E-state index contributed by atoms with van der Waals surface area (Å²) in [4.78, 5) is 26.6. The van der Waals surface area contributed by atoms with Crippen molar-refractivity contribution in [3.05, 3.63) is 0 Å². The van der Waals surface area contributed by atoms with Gasteiger partial charge in [0.25, 0.3) is 0 Å². The fourth-order valence-electron chi connectivity index (χ4n) is 0.594. The number of hydrogen-bond acceptors (Lipinski definition) is 2. The highest BCUT2D eigenvalue weighted by Gasteiger charge is 2.11. The Hall–Kier alpha value is -0.380. The first-order valence-corrected chi connectivity index (χ1v) is 4.98. The zero-order valence-corrected chi connectivity index (χ0v) is 6.83. The first-order valence-electron chi connectivity index (χ1n) is 3.18. The molecular formula is C5H11O5P. The number of carbonyl (C=O) groups is 1. The van der Waals surface area contributed by atoms with Crippen molar-refractivity contribution in [2.24, 2.45) is 0 Å². The Morgan fingerprint density at radius 1 is 1.27 bits per heavy atom. The number of carboxylic acids is 1. The zero-order valence-electron chi connectivity index (χ0n) is 5.93. The molecule has 3 N–H and O–H groups in total. The molecule has 6 heteroatoms. The molecule has 0 bridgehead atoms. The molecule has 0 aromatic rings. The van der Waals surface area contributed by atoms with Crippen molar-refractivity contribution in [2.75, 3.05) is 6.16 Å². The molecule has 0 heterocycles. The highest BCUT2D eigenvalue weighted by molar-refractivity contribution is 7.51. The molecule has 0 unspecified atom stereocenters. The van der Waals surface area contributed by atoms with E-state index in [9.17, 15) is 9.36 Å². The maximum absolute atomic E-state index is 10.2. The maximum atomic E-state index is 10.2. The van der Waals surface area contributed by atoms with Crippen LogP contribution in [0.15, 0.2) is 0 Å². The van der Waals surface area contributed by atoms with Crippen LogP contribution >= 0.6 is 7.60 Å². The summed E-state index contributed by atoms with van der Waals surface area (Å²) in [5, 5.41) is 8.15. The summed E-state index contributed by atoms with van der Waals surface area (Å²) < 4.78 is 10.2. The third kappa shape index (κ3) is 9.62. The largest absolute Gasteiger partial charge is 0.481 e. The van der Waals surface area contributed by atoms with Gasteiger partial charge in [0.05, 0.1) is 0 Å². The molecule has 0 radical (unpaired) electrons. The molecule has 0 amide bonds. The lowest BCUT2D eigenvalue weighted by atomic mass is 10.3. The fraction of sp³-hybridized carbons (Fsp3) is 0.800. The van der Waals surface area contributed by atoms with Gasteiger partial charge in [0, 0.05) is 12.6 Å². The van der Waals surface area contributed by atoms with E-state index in [0.29, 0.717) is 6.42 Å². The van der Waals surface area contributed by atoms with Crippen LogP contribution in [0.3, 0.4) is 0 Å². The molecule has 0 aromatic carbocycles. The summed E-state index contributed by atoms with van der Waals surface area (Å²) in [5.41, 5.74) is 0. The highest BCUT2D eigenvalue weighted by atomic mass is 31.2. The maximum Gasteiger partial charge on any atom is 0.325 e. The van der Waals surface area contributed by atoms with E-state index < -0.39 is 13.6 Å². The molecule has 0 atom stereocenters. The van der Waals surface area contributed by atoms with Crippen molar-refractivity contribution >= 4 is 13.6 Å². The van der Waals surface area contributed by atoms with Crippen molar-refractivity contribution in [3.63, 3.8) is 0 Å². The third-order valence-corrected chi connectivity index (χ3v) is 1.99. The van der Waals surface area contributed by atoms with Crippen LogP contribution in [-0.2, 0) is 9.36 Å². The lowest BCUT2D eigenvalue weighted by Gasteiger charge is -2.00. The van der Waals surface area contributed by atoms with Gasteiger partial charge in [0.2, 0.25) is 0 Å². The Morgan fingerprint density at radius 2 is 1.82 bits per heavy atom. The first kappa shape index (κ1) is 10.6. The first-order chi connectivity index (χ1) is 4.92. The van der Waals surface area contributed by atoms with Crippen LogP contribution in [0.4, 0.5) is 0 Å². The van der Waals surface area contributed by atoms with Gasteiger partial charge < -0.3 is 14.9 Å². The summed E-state index contributed by atoms with van der Waals surface area (Å²) in [6, 6.07) is 0. The van der Waals surface area contributed by atoms with Crippen LogP contribution < -0.4 is 0 Å². The molecule has 0 aliphatic rings. The second-order valence-electron chi connectivity index (χ2n) is 2.24. The lowest BCUT2D eigenvalue weighted by molar-refractivity contribution is -0.137. The quantitative estimate of drug-likeness (QED) is 0.423. The molecule has 5 nitrogen and oxygen atoms in total. The smallest absolute Gasteiger partial charge is 0.325 e. The molecule has 0 saturated carbocycles. The van der Waals surface area contributed by atoms with E-state index in [1.54, 1.807) is 0 Å². The molecule has 0 saturated heterocycles. The molecule has 0 fully saturated rings. The van der Waals surface area contributed by atoms with Crippen LogP contribution in [0.5, 0.6) is 0 Å². The van der Waals surface area contributed by atoms with E-state index in [2.05, 4.69) is 0 Å². The van der Waals surface area contributed by atoms with Crippen molar-refractivity contribution in [1.82, 2.24) is 0 Å². The van der Waals surface area contributed by atoms with Gasteiger partial charge in [-0.05, 0) is 12.8 Å². The Kier molecular flexibility index (Phi) is 4.33. The summed E-state index contributed by atoms with van der Waals surface area (Å²) in [6.45, 7) is 0. The van der Waals surface area contributed by atoms with E-state index in [0.717, 1.165) is 0 Å². The molecule has 0 aromatic heterocycles. The highest BCUT2D eigenvalue weighted by Crippen LogP contribution is 2.35. The number of hydrogen-bond donors (Lipinski definition) is 3. The van der Waals surface area contributed by atoms with Crippen molar-refractivity contribution in [3.8, 4) is 0 Å². The molecule has 0 aliphatic heterocycles. The van der Waals surface area contributed by atoms with E-state index in [4.69, 9.17) is 14.9 Å². The van der Waals surface area contributed by atoms with Crippen LogP contribution in [0.2, 0.25) is 0 Å². The summed E-state index contributed by atoms with van der Waals surface area (Å²) in [5.74, 6) is -0.935. The average molecular weight is 182 g/mol. The Labute approximate surface area is 64.2 Å². The lowest BCUT2D eigenvalue weighted by Crippen LogP contribution is -1.95. The van der Waals surface area contributed by atoms with Gasteiger partial charge in [0.15, 0.2) is 0 Å². The van der Waals surface area contributed by atoms with E-state index in [1.807, 2.05) is 0 Å². The number of aliphatic carboxylic acids is 1. The fourth-order valence-corrected chi connectivity index (χ4v) is 1.23. The van der Waals surface area contributed by atoms with E-state index >= 15 is 0 Å². The van der Waals surface area contributed by atoms with Gasteiger partial charge in [-0.25, -0.2) is 0 Å². The molecular weight excluding hydrogens is 171 g/mol. The van der Waals surface area contributed by atoms with Crippen molar-refractivity contribution < 1.29 is 24.3 Å². The van der Waals surface area contributed by atoms with Gasteiger partial charge in [-0.1, -0.05) is 0 Å². The van der Waals surface area contributed by atoms with Crippen LogP contribution in [-0.4, -0.2) is 27.0 Å². The van der Waals surface area contributed by atoms with Crippen LogP contribution in [0.1, 0.15) is 19.3 Å². The van der Waals surface area contributed by atoms with Crippen molar-refractivity contribution in [1.29, 1.82) is 0 Å². The van der Waals surface area contributed by atoms with Gasteiger partial charge in [-0.15, -0.1) is 0 Å². The minimum Gasteiger partial charge on any atom is -0.481 e. The number of rotatable bonds is 5.